The van der Waals surface area contributed by atoms with Crippen molar-refractivity contribution in [3.8, 4) is 23.7 Å². The van der Waals surface area contributed by atoms with Gasteiger partial charge in [0, 0.05) is 0 Å². The van der Waals surface area contributed by atoms with Gasteiger partial charge in [-0.3, -0.25) is 9.59 Å². The fraction of sp³-hybridized carbons (Fsp3) is 0.0909. The average Bonchev–Trinajstić information content (AvgIpc) is 3.06. The molecule has 2 rings (SSSR count). The Kier molecular flexibility index (Phi) is 12.2. The topological polar surface area (TPSA) is 34.1 Å². The van der Waals surface area contributed by atoms with Crippen molar-refractivity contribution in [2.45, 2.75) is 20.3 Å². The van der Waals surface area contributed by atoms with Gasteiger partial charge in [0.15, 0.2) is 11.6 Å². The van der Waals surface area contributed by atoms with Gasteiger partial charge in [0.25, 0.3) is 0 Å². The second-order valence-electron chi connectivity index (χ2n) is 7.59. The van der Waals surface area contributed by atoms with Gasteiger partial charge in [-0.05, 0) is 78.7 Å². The van der Waals surface area contributed by atoms with Crippen LogP contribution in [0.1, 0.15) is 20.3 Å². The number of ketones is 2. The molecule has 35 heavy (non-hydrogen) atoms. The molecule has 2 aliphatic carbocycles. The molecule has 2 aliphatic rings. The Labute approximate surface area is 208 Å². The van der Waals surface area contributed by atoms with E-state index >= 15 is 0 Å². The van der Waals surface area contributed by atoms with E-state index in [1.807, 2.05) is 68.5 Å². The maximum absolute atomic E-state index is 12.0. The molecule has 0 unspecified atom stereocenters. The lowest BCUT2D eigenvalue weighted by Crippen LogP contribution is -1.84. The number of rotatable bonds is 0. The van der Waals surface area contributed by atoms with Crippen molar-refractivity contribution in [1.29, 1.82) is 0 Å². The normalized spacial score (nSPS) is 26.6. The highest BCUT2D eigenvalue weighted by atomic mass is 16.1. The summed E-state index contributed by atoms with van der Waals surface area (Å²) < 4.78 is 0. The molecule has 0 aromatic rings. The van der Waals surface area contributed by atoms with Gasteiger partial charge in [-0.15, -0.1) is 0 Å². The SMILES string of the molecule is C/C1=C/C=C/C(=O)/C=C/C=C/C=C/C2=CC=CC=C(/C=C/C=C/C(=O)/C=C/C=C(/C)C#CC#C1)C2. The van der Waals surface area contributed by atoms with Crippen molar-refractivity contribution in [1.82, 2.24) is 0 Å². The second-order valence-corrected chi connectivity index (χ2v) is 7.59. The molecule has 0 fully saturated rings. The number of hydrogen-bond donors (Lipinski definition) is 0. The van der Waals surface area contributed by atoms with Gasteiger partial charge >= 0.3 is 0 Å². The van der Waals surface area contributed by atoms with Gasteiger partial charge in [-0.25, -0.2) is 0 Å². The highest BCUT2D eigenvalue weighted by Crippen LogP contribution is 2.17. The Bertz CT molecular complexity index is 1300. The number of carbonyl (C=O) groups is 2. The van der Waals surface area contributed by atoms with Crippen LogP contribution in [0.4, 0.5) is 0 Å². The quantitative estimate of drug-likeness (QED) is 0.378. The Balaban J connectivity index is 2.23. The molecular formula is C33H28O2. The van der Waals surface area contributed by atoms with E-state index in [1.165, 1.54) is 24.3 Å². The van der Waals surface area contributed by atoms with Gasteiger partial charge in [0.2, 0.25) is 0 Å². The van der Waals surface area contributed by atoms with Gasteiger partial charge in [-0.1, -0.05) is 109 Å². The zero-order valence-electron chi connectivity index (χ0n) is 20.1. The summed E-state index contributed by atoms with van der Waals surface area (Å²) in [6.07, 6.45) is 36.8. The molecule has 0 radical (unpaired) electrons. The zero-order valence-corrected chi connectivity index (χ0v) is 20.1. The Hall–Kier alpha value is -4.66. The van der Waals surface area contributed by atoms with E-state index in [-0.39, 0.29) is 11.6 Å². The molecular weight excluding hydrogens is 428 g/mol. The first kappa shape index (κ1) is 26.6. The Morgan fingerprint density at radius 2 is 0.886 bits per heavy atom. The number of carbonyl (C=O) groups excluding carboxylic acids is 2. The minimum Gasteiger partial charge on any atom is -0.290 e. The maximum atomic E-state index is 12.0. The van der Waals surface area contributed by atoms with Crippen molar-refractivity contribution in [3.05, 3.63) is 144 Å². The highest BCUT2D eigenvalue weighted by Gasteiger charge is 1.98. The molecule has 0 atom stereocenters. The first-order chi connectivity index (χ1) is 17.0. The molecule has 0 amide bonds. The van der Waals surface area contributed by atoms with Crippen LogP contribution in [0.3, 0.4) is 0 Å². The molecule has 0 aromatic heterocycles. The summed E-state index contributed by atoms with van der Waals surface area (Å²) in [5.74, 6) is 11.2. The predicted octanol–water partition coefficient (Wildman–Crippen LogP) is 6.74. The van der Waals surface area contributed by atoms with E-state index in [4.69, 9.17) is 0 Å². The molecule has 0 saturated carbocycles. The van der Waals surface area contributed by atoms with Crippen LogP contribution < -0.4 is 0 Å². The molecule has 2 bridgehead atoms. The lowest BCUT2D eigenvalue weighted by atomic mass is 10.0. The van der Waals surface area contributed by atoms with Crippen LogP contribution in [0, 0.1) is 23.7 Å². The fourth-order valence-corrected chi connectivity index (χ4v) is 2.76. The van der Waals surface area contributed by atoms with Crippen molar-refractivity contribution in [3.63, 3.8) is 0 Å². The standard InChI is InChI=1S/C33H28O2/c1-28-15-7-8-16-29(2)18-14-26-33(35)24-12-11-22-31-21-10-9-20-30(27-31)19-5-3-4-6-23-32(34)25-13-17-28/h3-6,9-14,17-26H,27H2,1-2H3/b4-3+,19-5+,22-11+,23-6+,24-12+,25-13+,26-14+,28-17-,29-18-. The second kappa shape index (κ2) is 16.0. The lowest BCUT2D eigenvalue weighted by molar-refractivity contribution is -0.111. The van der Waals surface area contributed by atoms with Crippen LogP contribution >= 0.6 is 0 Å². The van der Waals surface area contributed by atoms with E-state index in [1.54, 1.807) is 36.5 Å². The Morgan fingerprint density at radius 1 is 0.486 bits per heavy atom. The van der Waals surface area contributed by atoms with Crippen LogP contribution in [-0.2, 0) is 9.59 Å². The summed E-state index contributed by atoms with van der Waals surface area (Å²) in [6.45, 7) is 3.70. The van der Waals surface area contributed by atoms with E-state index in [0.717, 1.165) is 28.7 Å². The zero-order chi connectivity index (χ0) is 25.1. The molecule has 0 aromatic carbocycles. The van der Waals surface area contributed by atoms with Gasteiger partial charge in [0.05, 0.1) is 0 Å². The summed E-state index contributed by atoms with van der Waals surface area (Å²) in [6, 6.07) is 0. The van der Waals surface area contributed by atoms with Crippen LogP contribution in [0.5, 0.6) is 0 Å². The van der Waals surface area contributed by atoms with Crippen molar-refractivity contribution < 1.29 is 9.59 Å². The summed E-state index contributed by atoms with van der Waals surface area (Å²) in [7, 11) is 0. The molecule has 0 aliphatic heterocycles. The van der Waals surface area contributed by atoms with Crippen LogP contribution in [0.15, 0.2) is 144 Å². The van der Waals surface area contributed by atoms with E-state index in [0.29, 0.717) is 0 Å². The monoisotopic (exact) mass is 456 g/mol. The summed E-state index contributed by atoms with van der Waals surface area (Å²) in [5.41, 5.74) is 3.87. The van der Waals surface area contributed by atoms with Crippen LogP contribution in [0.2, 0.25) is 0 Å². The van der Waals surface area contributed by atoms with Gasteiger partial charge in [-0.2, -0.15) is 0 Å². The minimum absolute atomic E-state index is 0.102. The molecule has 0 spiro atoms. The van der Waals surface area contributed by atoms with Crippen LogP contribution in [0.25, 0.3) is 0 Å². The smallest absolute Gasteiger partial charge is 0.178 e. The van der Waals surface area contributed by atoms with Crippen molar-refractivity contribution in [2.24, 2.45) is 0 Å². The molecule has 0 heterocycles. The number of hydrogen-bond acceptors (Lipinski definition) is 2. The third-order valence-corrected chi connectivity index (χ3v) is 4.52. The van der Waals surface area contributed by atoms with Crippen LogP contribution in [-0.4, -0.2) is 11.6 Å². The van der Waals surface area contributed by atoms with E-state index in [9.17, 15) is 9.59 Å². The van der Waals surface area contributed by atoms with Crippen molar-refractivity contribution in [2.75, 3.05) is 0 Å². The lowest BCUT2D eigenvalue weighted by Gasteiger charge is -2.00. The van der Waals surface area contributed by atoms with Gasteiger partial charge < -0.3 is 0 Å². The molecule has 2 nitrogen and oxygen atoms in total. The summed E-state index contributed by atoms with van der Waals surface area (Å²) in [5, 5.41) is 0. The van der Waals surface area contributed by atoms with E-state index < -0.39 is 0 Å². The number of fused-ring (bicyclic) bond motifs is 2. The highest BCUT2D eigenvalue weighted by molar-refractivity contribution is 6.00. The third-order valence-electron chi connectivity index (χ3n) is 4.52. The first-order valence-electron chi connectivity index (χ1n) is 11.3. The first-order valence-corrected chi connectivity index (χ1v) is 11.3. The van der Waals surface area contributed by atoms with E-state index in [2.05, 4.69) is 29.8 Å². The van der Waals surface area contributed by atoms with Crippen molar-refractivity contribution >= 4 is 11.6 Å². The summed E-state index contributed by atoms with van der Waals surface area (Å²) in [4.78, 5) is 23.9. The Morgan fingerprint density at radius 3 is 1.40 bits per heavy atom. The van der Waals surface area contributed by atoms with Gasteiger partial charge in [0.1, 0.15) is 0 Å². The molecule has 172 valence electrons. The fourth-order valence-electron chi connectivity index (χ4n) is 2.76. The largest absolute Gasteiger partial charge is 0.290 e. The molecule has 0 N–H and O–H groups in total. The average molecular weight is 457 g/mol. The molecule has 2 heteroatoms. The summed E-state index contributed by atoms with van der Waals surface area (Å²) >= 11 is 0. The minimum atomic E-state index is -0.104. The number of allylic oxidation sites excluding steroid dienone is 24. The predicted molar refractivity (Wildman–Crippen MR) is 147 cm³/mol. The molecule has 0 saturated heterocycles. The third kappa shape index (κ3) is 12.8. The maximum Gasteiger partial charge on any atom is 0.178 e.